The molecule has 0 bridgehead atoms. The third-order valence-corrected chi connectivity index (χ3v) is 8.17. The number of benzene rings is 4. The van der Waals surface area contributed by atoms with Crippen molar-refractivity contribution in [3.05, 3.63) is 118 Å². The Bertz CT molecular complexity index is 1770. The van der Waals surface area contributed by atoms with Crippen LogP contribution in [0.15, 0.2) is 72.8 Å². The van der Waals surface area contributed by atoms with E-state index in [-0.39, 0.29) is 53.7 Å². The van der Waals surface area contributed by atoms with Crippen LogP contribution in [0, 0.1) is 5.82 Å². The zero-order valence-corrected chi connectivity index (χ0v) is 24.9. The van der Waals surface area contributed by atoms with E-state index in [1.54, 1.807) is 47.4 Å². The first kappa shape index (κ1) is 31.7. The molecule has 6 nitrogen and oxygen atoms in total. The molecule has 1 atom stereocenters. The Hall–Kier alpha value is -4.73. The second kappa shape index (κ2) is 13.1. The lowest BCUT2D eigenvalue weighted by Crippen LogP contribution is -2.33. The van der Waals surface area contributed by atoms with Crippen molar-refractivity contribution < 1.29 is 31.9 Å². The summed E-state index contributed by atoms with van der Waals surface area (Å²) < 4.78 is 56.6. The number of carbonyl (C=O) groups excluding carboxylic acids is 3. The first-order valence-corrected chi connectivity index (χ1v) is 14.8. The fourth-order valence-corrected chi connectivity index (χ4v) is 5.76. The van der Waals surface area contributed by atoms with E-state index in [0.717, 1.165) is 24.3 Å². The van der Waals surface area contributed by atoms with E-state index in [2.05, 4.69) is 10.6 Å². The Morgan fingerprint density at radius 3 is 2.49 bits per heavy atom. The van der Waals surface area contributed by atoms with Crippen LogP contribution in [0.4, 0.5) is 17.6 Å². The molecule has 0 aliphatic carbocycles. The van der Waals surface area contributed by atoms with E-state index in [4.69, 9.17) is 0 Å². The van der Waals surface area contributed by atoms with Crippen LogP contribution in [0.2, 0.25) is 0 Å². The largest absolute Gasteiger partial charge is 0.416 e. The number of hydrogen-bond acceptors (Lipinski definition) is 3. The molecule has 0 saturated carbocycles. The standard InChI is InChI=1S/C35H33F4N3O3/c1-3-6-21(2)42-20-26-16-24(11-13-28(26)34(42)45)33(44)41-19-25-10-9-22(15-30(25)35(37,38)39)18-40-32(43)17-29-27-8-5-4-7-23(27)12-14-31(29)36/h4-5,7-16,21H,3,6,17-20H2,1-2H3,(H,40,43)(H,41,44). The van der Waals surface area contributed by atoms with Gasteiger partial charge < -0.3 is 15.5 Å². The normalized spacial score (nSPS) is 13.6. The molecule has 234 valence electrons. The van der Waals surface area contributed by atoms with Gasteiger partial charge in [0.1, 0.15) is 5.82 Å². The van der Waals surface area contributed by atoms with Crippen LogP contribution in [-0.2, 0) is 37.0 Å². The lowest BCUT2D eigenvalue weighted by atomic mass is 10.0. The molecule has 0 spiro atoms. The topological polar surface area (TPSA) is 78.5 Å². The van der Waals surface area contributed by atoms with Crippen molar-refractivity contribution in [3.8, 4) is 0 Å². The molecule has 5 rings (SSSR count). The number of nitrogens with one attached hydrogen (secondary N) is 2. The highest BCUT2D eigenvalue weighted by atomic mass is 19.4. The third-order valence-electron chi connectivity index (χ3n) is 8.17. The first-order chi connectivity index (χ1) is 21.5. The van der Waals surface area contributed by atoms with Crippen LogP contribution in [0.5, 0.6) is 0 Å². The van der Waals surface area contributed by atoms with Crippen molar-refractivity contribution in [3.63, 3.8) is 0 Å². The number of carbonyl (C=O) groups is 3. The monoisotopic (exact) mass is 619 g/mol. The van der Waals surface area contributed by atoms with Crippen molar-refractivity contribution in [1.82, 2.24) is 15.5 Å². The summed E-state index contributed by atoms with van der Waals surface area (Å²) in [5.74, 6) is -1.72. The summed E-state index contributed by atoms with van der Waals surface area (Å²) in [6, 6.07) is 18.4. The van der Waals surface area contributed by atoms with Crippen LogP contribution in [0.1, 0.15) is 75.2 Å². The Morgan fingerprint density at radius 2 is 1.73 bits per heavy atom. The molecule has 2 N–H and O–H groups in total. The summed E-state index contributed by atoms with van der Waals surface area (Å²) in [6.45, 7) is 3.83. The molecule has 3 amide bonds. The lowest BCUT2D eigenvalue weighted by molar-refractivity contribution is -0.138. The molecular formula is C35H33F4N3O3. The van der Waals surface area contributed by atoms with Crippen LogP contribution in [0.25, 0.3) is 10.8 Å². The molecule has 1 heterocycles. The summed E-state index contributed by atoms with van der Waals surface area (Å²) in [5.41, 5.74) is 0.830. The molecule has 0 radical (unpaired) electrons. The molecule has 0 saturated heterocycles. The molecule has 1 unspecified atom stereocenters. The van der Waals surface area contributed by atoms with Crippen LogP contribution >= 0.6 is 0 Å². The van der Waals surface area contributed by atoms with Gasteiger partial charge in [-0.3, -0.25) is 14.4 Å². The van der Waals surface area contributed by atoms with Crippen LogP contribution < -0.4 is 10.6 Å². The Morgan fingerprint density at radius 1 is 0.956 bits per heavy atom. The summed E-state index contributed by atoms with van der Waals surface area (Å²) in [4.78, 5) is 40.1. The molecule has 45 heavy (non-hydrogen) atoms. The highest BCUT2D eigenvalue weighted by Gasteiger charge is 2.34. The Labute approximate surface area is 258 Å². The van der Waals surface area contributed by atoms with Gasteiger partial charge in [-0.25, -0.2) is 4.39 Å². The summed E-state index contributed by atoms with van der Waals surface area (Å²) >= 11 is 0. The fourth-order valence-electron chi connectivity index (χ4n) is 5.76. The molecule has 10 heteroatoms. The van der Waals surface area contributed by atoms with Crippen LogP contribution in [0.3, 0.4) is 0 Å². The van der Waals surface area contributed by atoms with Gasteiger partial charge >= 0.3 is 6.18 Å². The molecule has 0 fully saturated rings. The number of halogens is 4. The van der Waals surface area contributed by atoms with E-state index in [9.17, 15) is 31.9 Å². The number of amides is 3. The quantitative estimate of drug-likeness (QED) is 0.189. The molecule has 4 aromatic carbocycles. The lowest BCUT2D eigenvalue weighted by Gasteiger charge is -2.23. The second-order valence-corrected chi connectivity index (χ2v) is 11.3. The smallest absolute Gasteiger partial charge is 0.352 e. The van der Waals surface area contributed by atoms with Crippen molar-refractivity contribution in [2.24, 2.45) is 0 Å². The highest BCUT2D eigenvalue weighted by molar-refractivity contribution is 6.01. The van der Waals surface area contributed by atoms with Gasteiger partial charge in [-0.1, -0.05) is 55.8 Å². The van der Waals surface area contributed by atoms with Crippen molar-refractivity contribution in [2.75, 3.05) is 0 Å². The second-order valence-electron chi connectivity index (χ2n) is 11.3. The molecule has 4 aromatic rings. The van der Waals surface area contributed by atoms with Crippen molar-refractivity contribution in [2.45, 2.75) is 65.0 Å². The van der Waals surface area contributed by atoms with Crippen molar-refractivity contribution in [1.29, 1.82) is 0 Å². The molecule has 0 aromatic heterocycles. The minimum Gasteiger partial charge on any atom is -0.352 e. The minimum atomic E-state index is -4.71. The highest BCUT2D eigenvalue weighted by Crippen LogP contribution is 2.33. The molecule has 1 aliphatic heterocycles. The molecular weight excluding hydrogens is 586 g/mol. The predicted molar refractivity (Wildman–Crippen MR) is 163 cm³/mol. The van der Waals surface area contributed by atoms with Gasteiger partial charge in [-0.15, -0.1) is 0 Å². The maximum atomic E-state index is 14.5. The average molecular weight is 620 g/mol. The summed E-state index contributed by atoms with van der Waals surface area (Å²) in [5, 5.41) is 6.50. The van der Waals surface area contributed by atoms with Crippen molar-refractivity contribution >= 4 is 28.5 Å². The first-order valence-electron chi connectivity index (χ1n) is 14.8. The van der Waals surface area contributed by atoms with Gasteiger partial charge in [0, 0.05) is 42.4 Å². The number of hydrogen-bond donors (Lipinski definition) is 2. The van der Waals surface area contributed by atoms with E-state index >= 15 is 0 Å². The van der Waals surface area contributed by atoms with E-state index < -0.39 is 29.4 Å². The fraction of sp³-hybridized carbons (Fsp3) is 0.286. The maximum absolute atomic E-state index is 14.5. The zero-order valence-electron chi connectivity index (χ0n) is 24.9. The number of nitrogens with zero attached hydrogens (tertiary/aromatic N) is 1. The number of fused-ring (bicyclic) bond motifs is 2. The minimum absolute atomic E-state index is 0.0523. The van der Waals surface area contributed by atoms with Gasteiger partial charge in [0.15, 0.2) is 0 Å². The van der Waals surface area contributed by atoms with Gasteiger partial charge in [-0.05, 0) is 71.1 Å². The van der Waals surface area contributed by atoms with Crippen LogP contribution in [-0.4, -0.2) is 28.7 Å². The Balaban J connectivity index is 1.23. The van der Waals surface area contributed by atoms with Gasteiger partial charge in [0.05, 0.1) is 12.0 Å². The zero-order chi connectivity index (χ0) is 32.3. The van der Waals surface area contributed by atoms with E-state index in [1.165, 1.54) is 24.3 Å². The molecule has 1 aliphatic rings. The summed E-state index contributed by atoms with van der Waals surface area (Å²) in [6.07, 6.45) is -3.20. The third kappa shape index (κ3) is 7.00. The SMILES string of the molecule is CCCC(C)N1Cc2cc(C(=O)NCc3ccc(CNC(=O)Cc4c(F)ccc5ccccc45)cc3C(F)(F)F)ccc2C1=O. The van der Waals surface area contributed by atoms with E-state index in [0.29, 0.717) is 23.1 Å². The van der Waals surface area contributed by atoms with Gasteiger partial charge in [0.2, 0.25) is 5.91 Å². The summed E-state index contributed by atoms with van der Waals surface area (Å²) in [7, 11) is 0. The van der Waals surface area contributed by atoms with Gasteiger partial charge in [0.25, 0.3) is 11.8 Å². The van der Waals surface area contributed by atoms with Gasteiger partial charge in [-0.2, -0.15) is 13.2 Å². The maximum Gasteiger partial charge on any atom is 0.416 e. The number of alkyl halides is 3. The average Bonchev–Trinajstić information content (AvgIpc) is 3.35. The predicted octanol–water partition coefficient (Wildman–Crippen LogP) is 6.93. The Kier molecular flexibility index (Phi) is 9.22. The number of rotatable bonds is 10. The van der Waals surface area contributed by atoms with E-state index in [1.807, 2.05) is 13.8 Å².